The molecule has 2 aromatic rings. The number of rotatable bonds is 3. The number of carboxylic acid groups (broad SMARTS) is 1. The number of hydrogen-bond donors (Lipinski definition) is 2. The van der Waals surface area contributed by atoms with Crippen molar-refractivity contribution in [2.75, 3.05) is 5.73 Å². The minimum Gasteiger partial charge on any atom is -0.478 e. The lowest BCUT2D eigenvalue weighted by Crippen LogP contribution is -2.05. The Hall–Kier alpha value is -2.30. The van der Waals surface area contributed by atoms with Gasteiger partial charge < -0.3 is 15.4 Å². The van der Waals surface area contributed by atoms with E-state index < -0.39 is 5.97 Å². The van der Waals surface area contributed by atoms with E-state index in [0.717, 1.165) is 17.9 Å². The molecular formula is C12H13N3O2. The first-order valence-corrected chi connectivity index (χ1v) is 5.29. The SMILES string of the molecule is CCc1nccn1-c1ccc(C(=O)O)cc1N. The summed E-state index contributed by atoms with van der Waals surface area (Å²) < 4.78 is 1.86. The van der Waals surface area contributed by atoms with Gasteiger partial charge in [0.15, 0.2) is 0 Å². The third-order valence-corrected chi connectivity index (χ3v) is 2.57. The van der Waals surface area contributed by atoms with Crippen LogP contribution in [0.4, 0.5) is 5.69 Å². The van der Waals surface area contributed by atoms with Gasteiger partial charge in [0.05, 0.1) is 16.9 Å². The van der Waals surface area contributed by atoms with Gasteiger partial charge in [0.25, 0.3) is 0 Å². The largest absolute Gasteiger partial charge is 0.478 e. The van der Waals surface area contributed by atoms with E-state index in [1.807, 2.05) is 17.7 Å². The van der Waals surface area contributed by atoms with Crippen LogP contribution in [0.3, 0.4) is 0 Å². The predicted octanol–water partition coefficient (Wildman–Crippen LogP) is 1.72. The number of aromatic nitrogens is 2. The second kappa shape index (κ2) is 4.29. The molecule has 0 unspecified atom stereocenters. The molecule has 1 aromatic carbocycles. The molecule has 0 fully saturated rings. The number of nitrogen functional groups attached to an aromatic ring is 1. The number of imidazole rings is 1. The maximum absolute atomic E-state index is 10.8. The van der Waals surface area contributed by atoms with E-state index in [2.05, 4.69) is 4.98 Å². The molecule has 0 spiro atoms. The maximum atomic E-state index is 10.8. The van der Waals surface area contributed by atoms with Gasteiger partial charge in [-0.1, -0.05) is 6.92 Å². The topological polar surface area (TPSA) is 81.1 Å². The van der Waals surface area contributed by atoms with Crippen LogP contribution in [0.25, 0.3) is 5.69 Å². The van der Waals surface area contributed by atoms with Gasteiger partial charge in [-0.3, -0.25) is 0 Å². The summed E-state index contributed by atoms with van der Waals surface area (Å²) in [6.45, 7) is 2.00. The number of benzene rings is 1. The summed E-state index contributed by atoms with van der Waals surface area (Å²) in [5, 5.41) is 8.86. The van der Waals surface area contributed by atoms with Crippen LogP contribution in [0, 0.1) is 0 Å². The van der Waals surface area contributed by atoms with Gasteiger partial charge in [-0.2, -0.15) is 0 Å². The van der Waals surface area contributed by atoms with Gasteiger partial charge in [-0.05, 0) is 18.2 Å². The van der Waals surface area contributed by atoms with Crippen molar-refractivity contribution < 1.29 is 9.90 Å². The smallest absolute Gasteiger partial charge is 0.335 e. The fourth-order valence-electron chi connectivity index (χ4n) is 1.72. The second-order valence-electron chi connectivity index (χ2n) is 3.65. The number of nitrogens with zero attached hydrogens (tertiary/aromatic N) is 2. The van der Waals surface area contributed by atoms with Crippen LogP contribution in [0.2, 0.25) is 0 Å². The minimum absolute atomic E-state index is 0.185. The molecule has 1 heterocycles. The summed E-state index contributed by atoms with van der Waals surface area (Å²) in [7, 11) is 0. The Labute approximate surface area is 98.5 Å². The number of carboxylic acids is 1. The second-order valence-corrected chi connectivity index (χ2v) is 3.65. The highest BCUT2D eigenvalue weighted by Crippen LogP contribution is 2.20. The molecule has 17 heavy (non-hydrogen) atoms. The van der Waals surface area contributed by atoms with Gasteiger partial charge in [-0.25, -0.2) is 9.78 Å². The number of hydrogen-bond acceptors (Lipinski definition) is 3. The summed E-state index contributed by atoms with van der Waals surface area (Å²) in [4.78, 5) is 15.0. The third-order valence-electron chi connectivity index (χ3n) is 2.57. The van der Waals surface area contributed by atoms with E-state index in [9.17, 15) is 4.79 Å². The van der Waals surface area contributed by atoms with Crippen molar-refractivity contribution in [3.63, 3.8) is 0 Å². The number of aromatic carboxylic acids is 1. The fourth-order valence-corrected chi connectivity index (χ4v) is 1.72. The Balaban J connectivity index is 2.50. The van der Waals surface area contributed by atoms with Gasteiger partial charge in [0, 0.05) is 18.8 Å². The number of nitrogens with two attached hydrogens (primary N) is 1. The van der Waals surface area contributed by atoms with E-state index in [-0.39, 0.29) is 5.56 Å². The molecule has 0 aliphatic heterocycles. The quantitative estimate of drug-likeness (QED) is 0.788. The molecule has 0 aliphatic rings. The van der Waals surface area contributed by atoms with Crippen molar-refractivity contribution in [3.05, 3.63) is 42.0 Å². The van der Waals surface area contributed by atoms with Crippen molar-refractivity contribution in [1.82, 2.24) is 9.55 Å². The molecule has 0 radical (unpaired) electrons. The highest BCUT2D eigenvalue weighted by atomic mass is 16.4. The molecule has 0 saturated carbocycles. The highest BCUT2D eigenvalue weighted by Gasteiger charge is 2.09. The predicted molar refractivity (Wildman–Crippen MR) is 64.3 cm³/mol. The molecule has 5 nitrogen and oxygen atoms in total. The standard InChI is InChI=1S/C12H13N3O2/c1-2-11-14-5-6-15(11)10-4-3-8(12(16)17)7-9(10)13/h3-7H,2,13H2,1H3,(H,16,17). The molecule has 2 rings (SSSR count). The lowest BCUT2D eigenvalue weighted by molar-refractivity contribution is 0.0697. The van der Waals surface area contributed by atoms with Gasteiger partial charge in [0.1, 0.15) is 5.82 Å². The van der Waals surface area contributed by atoms with Crippen LogP contribution in [0.5, 0.6) is 0 Å². The van der Waals surface area contributed by atoms with Gasteiger partial charge >= 0.3 is 5.97 Å². The molecule has 0 amide bonds. The molecule has 1 aromatic heterocycles. The van der Waals surface area contributed by atoms with E-state index in [0.29, 0.717) is 5.69 Å². The highest BCUT2D eigenvalue weighted by molar-refractivity contribution is 5.89. The molecule has 5 heteroatoms. The molecule has 3 N–H and O–H groups in total. The third kappa shape index (κ3) is 1.99. The number of anilines is 1. The average Bonchev–Trinajstić information content (AvgIpc) is 2.76. The van der Waals surface area contributed by atoms with E-state index >= 15 is 0 Å². The number of carbonyl (C=O) groups is 1. The van der Waals surface area contributed by atoms with Crippen LogP contribution in [0.1, 0.15) is 23.1 Å². The van der Waals surface area contributed by atoms with Crippen LogP contribution in [0.15, 0.2) is 30.6 Å². The fraction of sp³-hybridized carbons (Fsp3) is 0.167. The zero-order chi connectivity index (χ0) is 12.4. The normalized spacial score (nSPS) is 10.4. The maximum Gasteiger partial charge on any atom is 0.335 e. The molecule has 0 atom stereocenters. The Morgan fingerprint density at radius 2 is 2.29 bits per heavy atom. The summed E-state index contributed by atoms with van der Waals surface area (Å²) >= 11 is 0. The van der Waals surface area contributed by atoms with Crippen molar-refractivity contribution >= 4 is 11.7 Å². The van der Waals surface area contributed by atoms with Crippen molar-refractivity contribution in [2.24, 2.45) is 0 Å². The summed E-state index contributed by atoms with van der Waals surface area (Å²) in [6.07, 6.45) is 4.29. The van der Waals surface area contributed by atoms with Crippen LogP contribution in [-0.2, 0) is 6.42 Å². The first-order chi connectivity index (χ1) is 8.13. The van der Waals surface area contributed by atoms with Crippen molar-refractivity contribution in [3.8, 4) is 5.69 Å². The molecule has 88 valence electrons. The molecular weight excluding hydrogens is 218 g/mol. The number of aryl methyl sites for hydroxylation is 1. The van der Waals surface area contributed by atoms with Crippen molar-refractivity contribution in [1.29, 1.82) is 0 Å². The van der Waals surface area contributed by atoms with Crippen LogP contribution < -0.4 is 5.73 Å². The van der Waals surface area contributed by atoms with E-state index in [1.54, 1.807) is 12.3 Å². The average molecular weight is 231 g/mol. The Kier molecular flexibility index (Phi) is 2.82. The van der Waals surface area contributed by atoms with E-state index in [4.69, 9.17) is 10.8 Å². The first-order valence-electron chi connectivity index (χ1n) is 5.29. The van der Waals surface area contributed by atoms with Gasteiger partial charge in [-0.15, -0.1) is 0 Å². The Bertz CT molecular complexity index is 561. The lowest BCUT2D eigenvalue weighted by Gasteiger charge is -2.10. The van der Waals surface area contributed by atoms with Crippen LogP contribution >= 0.6 is 0 Å². The summed E-state index contributed by atoms with van der Waals surface area (Å²) in [5.41, 5.74) is 7.23. The molecule has 0 bridgehead atoms. The monoisotopic (exact) mass is 231 g/mol. The lowest BCUT2D eigenvalue weighted by atomic mass is 10.1. The summed E-state index contributed by atoms with van der Waals surface area (Å²) in [5.74, 6) is -0.0932. The van der Waals surface area contributed by atoms with Crippen molar-refractivity contribution in [2.45, 2.75) is 13.3 Å². The Morgan fingerprint density at radius 3 is 2.88 bits per heavy atom. The first kappa shape index (κ1) is 11.2. The van der Waals surface area contributed by atoms with Gasteiger partial charge in [0.2, 0.25) is 0 Å². The zero-order valence-electron chi connectivity index (χ0n) is 9.42. The molecule has 0 aliphatic carbocycles. The minimum atomic E-state index is -0.982. The zero-order valence-corrected chi connectivity index (χ0v) is 9.42. The molecule has 0 saturated heterocycles. The Morgan fingerprint density at radius 1 is 1.53 bits per heavy atom. The summed E-state index contributed by atoms with van der Waals surface area (Å²) in [6, 6.07) is 4.68. The van der Waals surface area contributed by atoms with E-state index in [1.165, 1.54) is 12.1 Å². The van der Waals surface area contributed by atoms with Crippen LogP contribution in [-0.4, -0.2) is 20.6 Å².